The summed E-state index contributed by atoms with van der Waals surface area (Å²) in [7, 11) is 0. The van der Waals surface area contributed by atoms with Crippen molar-refractivity contribution in [3.8, 4) is 0 Å². The molecule has 4 aliphatic rings. The van der Waals surface area contributed by atoms with Crippen LogP contribution in [0.4, 0.5) is 0 Å². The van der Waals surface area contributed by atoms with E-state index in [0.29, 0.717) is 19.8 Å². The molecule has 7 heteroatoms. The zero-order valence-electron chi connectivity index (χ0n) is 15.8. The third kappa shape index (κ3) is 3.74. The molecule has 27 heavy (non-hydrogen) atoms. The number of hydrogen-bond acceptors (Lipinski definition) is 6. The summed E-state index contributed by atoms with van der Waals surface area (Å²) in [6.07, 6.45) is 7.20. The fraction of sp³-hybridized carbons (Fsp3) is 0.700. The van der Waals surface area contributed by atoms with Gasteiger partial charge in [-0.1, -0.05) is 0 Å². The maximum atomic E-state index is 12.9. The van der Waals surface area contributed by atoms with Gasteiger partial charge in [-0.3, -0.25) is 24.4 Å². The van der Waals surface area contributed by atoms with Crippen molar-refractivity contribution in [3.63, 3.8) is 0 Å². The molecule has 0 radical (unpaired) electrons. The van der Waals surface area contributed by atoms with Crippen molar-refractivity contribution in [2.24, 2.45) is 5.92 Å². The van der Waals surface area contributed by atoms with Crippen LogP contribution in [0.2, 0.25) is 0 Å². The average Bonchev–Trinajstić information content (AvgIpc) is 3.30. The van der Waals surface area contributed by atoms with Gasteiger partial charge in [0.15, 0.2) is 0 Å². The first-order chi connectivity index (χ1) is 13.2. The zero-order chi connectivity index (χ0) is 18.3. The third-order valence-electron chi connectivity index (χ3n) is 6.13. The monoisotopic (exact) mass is 372 g/mol. The number of carbonyl (C=O) groups excluding carboxylic acids is 1. The van der Waals surface area contributed by atoms with E-state index in [1.807, 2.05) is 12.4 Å². The van der Waals surface area contributed by atoms with E-state index in [1.165, 1.54) is 18.4 Å². The summed E-state index contributed by atoms with van der Waals surface area (Å²) in [5.41, 5.74) is 1.16. The van der Waals surface area contributed by atoms with Crippen molar-refractivity contribution in [2.75, 3.05) is 45.9 Å². The quantitative estimate of drug-likeness (QED) is 0.766. The van der Waals surface area contributed by atoms with Crippen molar-refractivity contribution in [3.05, 3.63) is 30.1 Å². The molecule has 4 fully saturated rings. The number of amides is 1. The van der Waals surface area contributed by atoms with Gasteiger partial charge < -0.3 is 4.74 Å². The summed E-state index contributed by atoms with van der Waals surface area (Å²) >= 11 is 0. The van der Waals surface area contributed by atoms with E-state index >= 15 is 0 Å². The lowest BCUT2D eigenvalue weighted by Crippen LogP contribution is -2.72. The molecule has 0 bridgehead atoms. The van der Waals surface area contributed by atoms with Gasteiger partial charge in [-0.05, 0) is 42.9 Å². The smallest absolute Gasteiger partial charge is 0.265 e. The summed E-state index contributed by atoms with van der Waals surface area (Å²) < 4.78 is 6.30. The Morgan fingerprint density at radius 1 is 1.22 bits per heavy atom. The molecule has 0 N–H and O–H groups in total. The molecule has 0 unspecified atom stereocenters. The molecule has 7 nitrogen and oxygen atoms in total. The van der Waals surface area contributed by atoms with Crippen LogP contribution in [-0.2, 0) is 20.9 Å². The fourth-order valence-electron chi connectivity index (χ4n) is 4.54. The Balaban J connectivity index is 1.21. The van der Waals surface area contributed by atoms with Gasteiger partial charge in [0.1, 0.15) is 11.6 Å². The number of hydrogen-bond donors (Lipinski definition) is 0. The van der Waals surface area contributed by atoms with Crippen molar-refractivity contribution in [1.82, 2.24) is 19.8 Å². The molecule has 0 aromatic carbocycles. The minimum absolute atomic E-state index is 0.0796. The predicted octanol–water partition coefficient (Wildman–Crippen LogP) is 0.911. The molecule has 146 valence electrons. The van der Waals surface area contributed by atoms with E-state index in [2.05, 4.69) is 26.9 Å². The molecule has 1 aromatic heterocycles. The lowest BCUT2D eigenvalue weighted by molar-refractivity contribution is -0.216. The van der Waals surface area contributed by atoms with E-state index in [-0.39, 0.29) is 17.6 Å². The maximum absolute atomic E-state index is 12.9. The third-order valence-corrected chi connectivity index (χ3v) is 6.13. The Morgan fingerprint density at radius 2 is 2.04 bits per heavy atom. The Labute approximate surface area is 160 Å². The van der Waals surface area contributed by atoms with Gasteiger partial charge in [0, 0.05) is 45.1 Å². The number of aromatic nitrogens is 1. The molecule has 1 atom stereocenters. The number of likely N-dealkylation sites (tertiary alicyclic amines) is 1. The highest BCUT2D eigenvalue weighted by atomic mass is 16.7. The highest BCUT2D eigenvalue weighted by molar-refractivity contribution is 5.81. The van der Waals surface area contributed by atoms with E-state index < -0.39 is 0 Å². The topological polar surface area (TPSA) is 58.1 Å². The minimum Gasteiger partial charge on any atom is -0.369 e. The highest BCUT2D eigenvalue weighted by Gasteiger charge is 2.51. The van der Waals surface area contributed by atoms with Gasteiger partial charge in [-0.15, -0.1) is 0 Å². The summed E-state index contributed by atoms with van der Waals surface area (Å²) in [5.74, 6) is 0.832. The van der Waals surface area contributed by atoms with Crippen LogP contribution in [0.15, 0.2) is 24.5 Å². The van der Waals surface area contributed by atoms with Crippen LogP contribution in [0, 0.1) is 5.92 Å². The molecule has 1 aromatic rings. The fourth-order valence-corrected chi connectivity index (χ4v) is 4.54. The average molecular weight is 372 g/mol. The highest BCUT2D eigenvalue weighted by Crippen LogP contribution is 2.36. The molecular formula is C20H28N4O3. The van der Waals surface area contributed by atoms with Gasteiger partial charge in [-0.25, -0.2) is 5.06 Å². The number of nitrogens with zero attached hydrogens (tertiary/aromatic N) is 4. The molecular weight excluding hydrogens is 344 g/mol. The molecule has 1 saturated carbocycles. The molecule has 5 rings (SSSR count). The van der Waals surface area contributed by atoms with Gasteiger partial charge in [0.05, 0.1) is 19.8 Å². The summed E-state index contributed by atoms with van der Waals surface area (Å²) in [6, 6.07) is 3.94. The number of pyridine rings is 1. The van der Waals surface area contributed by atoms with Crippen molar-refractivity contribution < 1.29 is 14.4 Å². The number of morpholine rings is 1. The van der Waals surface area contributed by atoms with Gasteiger partial charge in [-0.2, -0.15) is 0 Å². The normalized spacial score (nSPS) is 28.4. The second-order valence-corrected chi connectivity index (χ2v) is 8.51. The largest absolute Gasteiger partial charge is 0.369 e. The first-order valence-corrected chi connectivity index (χ1v) is 10.1. The van der Waals surface area contributed by atoms with Crippen LogP contribution >= 0.6 is 0 Å². The molecule has 1 aliphatic carbocycles. The van der Waals surface area contributed by atoms with Gasteiger partial charge in [0.2, 0.25) is 0 Å². The number of rotatable bonds is 5. The van der Waals surface area contributed by atoms with Crippen molar-refractivity contribution in [1.29, 1.82) is 0 Å². The first-order valence-electron chi connectivity index (χ1n) is 10.1. The Morgan fingerprint density at radius 3 is 2.74 bits per heavy atom. The second-order valence-electron chi connectivity index (χ2n) is 8.51. The molecule has 3 saturated heterocycles. The van der Waals surface area contributed by atoms with Gasteiger partial charge >= 0.3 is 0 Å². The predicted molar refractivity (Wildman–Crippen MR) is 98.6 cm³/mol. The number of ether oxygens (including phenoxy) is 1. The Bertz CT molecular complexity index is 669. The molecule has 3 aliphatic heterocycles. The van der Waals surface area contributed by atoms with Crippen LogP contribution in [0.3, 0.4) is 0 Å². The number of hydroxylamine groups is 2. The Hall–Kier alpha value is -1.54. The van der Waals surface area contributed by atoms with E-state index in [0.717, 1.165) is 45.1 Å². The van der Waals surface area contributed by atoms with E-state index in [1.54, 1.807) is 5.06 Å². The number of carbonyl (C=O) groups is 1. The molecule has 1 spiro atoms. The van der Waals surface area contributed by atoms with Gasteiger partial charge in [0.25, 0.3) is 5.91 Å². The van der Waals surface area contributed by atoms with Crippen LogP contribution in [-0.4, -0.2) is 83.3 Å². The summed E-state index contributed by atoms with van der Waals surface area (Å²) in [5, 5.41) is 1.56. The lowest BCUT2D eigenvalue weighted by atomic mass is 9.89. The SMILES string of the molecule is O=C([C@H]1COC2(CN(Cc3ccncc3)C2)CN1CC1CC1)N1CCCO1. The second kappa shape index (κ2) is 7.13. The summed E-state index contributed by atoms with van der Waals surface area (Å²) in [4.78, 5) is 27.3. The van der Waals surface area contributed by atoms with E-state index in [4.69, 9.17) is 9.57 Å². The van der Waals surface area contributed by atoms with Crippen LogP contribution in [0.5, 0.6) is 0 Å². The van der Waals surface area contributed by atoms with Crippen LogP contribution in [0.1, 0.15) is 24.8 Å². The lowest BCUT2D eigenvalue weighted by Gasteiger charge is -2.55. The standard InChI is InChI=1S/C20H28N4O3/c25-19(24-8-1-9-27-24)18-12-26-20(15-23(18)11-16-2-3-16)13-22(14-20)10-17-4-6-21-7-5-17/h4-7,16,18H,1-3,8-15H2/t18-/m1/s1. The van der Waals surface area contributed by atoms with Crippen LogP contribution < -0.4 is 0 Å². The maximum Gasteiger partial charge on any atom is 0.265 e. The molecule has 4 heterocycles. The molecule has 1 amide bonds. The van der Waals surface area contributed by atoms with E-state index in [9.17, 15) is 4.79 Å². The zero-order valence-corrected chi connectivity index (χ0v) is 15.8. The van der Waals surface area contributed by atoms with Crippen molar-refractivity contribution >= 4 is 5.91 Å². The summed E-state index contributed by atoms with van der Waals surface area (Å²) in [6.45, 7) is 6.48. The van der Waals surface area contributed by atoms with Crippen LogP contribution in [0.25, 0.3) is 0 Å². The minimum atomic E-state index is -0.191. The van der Waals surface area contributed by atoms with Crippen molar-refractivity contribution in [2.45, 2.75) is 37.5 Å². The Kier molecular flexibility index (Phi) is 4.63. The first kappa shape index (κ1) is 17.6.